The van der Waals surface area contributed by atoms with Gasteiger partial charge in [0.05, 0.1) is 18.3 Å². The van der Waals surface area contributed by atoms with Crippen LogP contribution in [0.2, 0.25) is 0 Å². The number of hydrogen-bond donors (Lipinski definition) is 3. The molecule has 2 unspecified atom stereocenters. The van der Waals surface area contributed by atoms with E-state index in [0.717, 1.165) is 12.8 Å². The van der Waals surface area contributed by atoms with Crippen molar-refractivity contribution in [2.45, 2.75) is 19.3 Å². The number of amides is 2. The monoisotopic (exact) mass is 265 g/mol. The Bertz CT molecular complexity index is 453. The predicted molar refractivity (Wildman–Crippen MR) is 65.3 cm³/mol. The highest BCUT2D eigenvalue weighted by Gasteiger charge is 2.32. The van der Waals surface area contributed by atoms with E-state index in [2.05, 4.69) is 25.8 Å². The number of nitrogens with one attached hydrogen (secondary N) is 2. The van der Waals surface area contributed by atoms with Gasteiger partial charge in [0, 0.05) is 6.54 Å². The molecule has 1 fully saturated rings. The summed E-state index contributed by atoms with van der Waals surface area (Å²) in [6.45, 7) is 0.336. The molecule has 1 aromatic heterocycles. The molecule has 8 heteroatoms. The lowest BCUT2D eigenvalue weighted by Crippen LogP contribution is -2.36. The van der Waals surface area contributed by atoms with Gasteiger partial charge in [-0.05, 0) is 18.8 Å². The summed E-state index contributed by atoms with van der Waals surface area (Å²) < 4.78 is 0. The van der Waals surface area contributed by atoms with Gasteiger partial charge >= 0.3 is 12.0 Å². The minimum absolute atomic E-state index is 0.0157. The summed E-state index contributed by atoms with van der Waals surface area (Å²) in [7, 11) is 0. The van der Waals surface area contributed by atoms with Gasteiger partial charge in [-0.15, -0.1) is 5.10 Å². The second-order valence-electron chi connectivity index (χ2n) is 4.44. The molecule has 1 saturated carbocycles. The molecule has 8 nitrogen and oxygen atoms in total. The molecule has 2 rings (SSSR count). The molecule has 0 spiro atoms. The highest BCUT2D eigenvalue weighted by Crippen LogP contribution is 2.31. The van der Waals surface area contributed by atoms with Crippen molar-refractivity contribution >= 4 is 17.9 Å². The maximum absolute atomic E-state index is 11.6. The molecule has 0 saturated heterocycles. The van der Waals surface area contributed by atoms with E-state index in [1.807, 2.05) is 0 Å². The van der Waals surface area contributed by atoms with Crippen LogP contribution in [-0.4, -0.2) is 38.8 Å². The fourth-order valence-electron chi connectivity index (χ4n) is 2.28. The van der Waals surface area contributed by atoms with E-state index in [-0.39, 0.29) is 17.8 Å². The molecule has 2 atom stereocenters. The normalized spacial score (nSPS) is 21.9. The van der Waals surface area contributed by atoms with E-state index in [1.165, 1.54) is 12.4 Å². The average molecular weight is 265 g/mol. The summed E-state index contributed by atoms with van der Waals surface area (Å²) in [6, 6.07) is -0.455. The molecule has 1 aliphatic rings. The van der Waals surface area contributed by atoms with E-state index >= 15 is 0 Å². The van der Waals surface area contributed by atoms with Gasteiger partial charge in [0.25, 0.3) is 5.95 Å². The summed E-state index contributed by atoms with van der Waals surface area (Å²) in [6.07, 6.45) is 5.20. The molecule has 2 amide bonds. The number of rotatable bonds is 4. The maximum Gasteiger partial charge on any atom is 0.321 e. The molecule has 0 radical (unpaired) electrons. The first-order valence-electron chi connectivity index (χ1n) is 6.08. The highest BCUT2D eigenvalue weighted by molar-refractivity contribution is 5.87. The van der Waals surface area contributed by atoms with Crippen molar-refractivity contribution in [3.63, 3.8) is 0 Å². The van der Waals surface area contributed by atoms with E-state index in [4.69, 9.17) is 5.11 Å². The lowest BCUT2D eigenvalue weighted by atomic mass is 9.96. The van der Waals surface area contributed by atoms with Crippen molar-refractivity contribution in [1.82, 2.24) is 20.5 Å². The van der Waals surface area contributed by atoms with Crippen LogP contribution in [0, 0.1) is 11.8 Å². The van der Waals surface area contributed by atoms with Crippen molar-refractivity contribution in [3.8, 4) is 0 Å². The average Bonchev–Trinajstić information content (AvgIpc) is 2.86. The van der Waals surface area contributed by atoms with Crippen molar-refractivity contribution in [2.24, 2.45) is 11.8 Å². The van der Waals surface area contributed by atoms with Crippen LogP contribution < -0.4 is 10.6 Å². The molecule has 19 heavy (non-hydrogen) atoms. The predicted octanol–water partition coefficient (Wildman–Crippen LogP) is 0.494. The van der Waals surface area contributed by atoms with Crippen LogP contribution in [0.5, 0.6) is 0 Å². The zero-order valence-electron chi connectivity index (χ0n) is 10.2. The molecule has 0 aliphatic heterocycles. The number of nitrogens with zero attached hydrogens (tertiary/aromatic N) is 3. The highest BCUT2D eigenvalue weighted by atomic mass is 16.4. The smallest absolute Gasteiger partial charge is 0.321 e. The van der Waals surface area contributed by atoms with Crippen LogP contribution in [0.25, 0.3) is 0 Å². The van der Waals surface area contributed by atoms with Crippen LogP contribution in [0.1, 0.15) is 19.3 Å². The van der Waals surface area contributed by atoms with Crippen molar-refractivity contribution < 1.29 is 14.7 Å². The van der Waals surface area contributed by atoms with E-state index in [9.17, 15) is 9.59 Å². The van der Waals surface area contributed by atoms with Crippen molar-refractivity contribution in [3.05, 3.63) is 12.4 Å². The lowest BCUT2D eigenvalue weighted by molar-refractivity contribution is -0.142. The van der Waals surface area contributed by atoms with Crippen LogP contribution in [0.4, 0.5) is 10.7 Å². The van der Waals surface area contributed by atoms with Crippen LogP contribution in [-0.2, 0) is 4.79 Å². The number of urea groups is 1. The Balaban J connectivity index is 1.79. The Kier molecular flexibility index (Phi) is 4.22. The van der Waals surface area contributed by atoms with Gasteiger partial charge in [-0.3, -0.25) is 10.1 Å². The zero-order chi connectivity index (χ0) is 13.7. The van der Waals surface area contributed by atoms with Gasteiger partial charge in [-0.1, -0.05) is 6.42 Å². The van der Waals surface area contributed by atoms with Crippen LogP contribution in [0.15, 0.2) is 12.4 Å². The molecular formula is C11H15N5O3. The summed E-state index contributed by atoms with van der Waals surface area (Å²) in [5.74, 6) is -1.06. The number of anilines is 1. The number of carbonyl (C=O) groups excluding carboxylic acids is 1. The number of carboxylic acids is 1. The molecule has 1 heterocycles. The van der Waals surface area contributed by atoms with E-state index < -0.39 is 12.0 Å². The summed E-state index contributed by atoms with van der Waals surface area (Å²) >= 11 is 0. The number of carboxylic acid groups (broad SMARTS) is 1. The largest absolute Gasteiger partial charge is 0.481 e. The summed E-state index contributed by atoms with van der Waals surface area (Å²) in [5, 5.41) is 21.3. The first kappa shape index (κ1) is 13.2. The first-order valence-corrected chi connectivity index (χ1v) is 6.08. The molecule has 3 N–H and O–H groups in total. The second kappa shape index (κ2) is 6.07. The fraction of sp³-hybridized carbons (Fsp3) is 0.545. The minimum atomic E-state index is -0.791. The third kappa shape index (κ3) is 3.60. The first-order chi connectivity index (χ1) is 9.16. The number of carbonyl (C=O) groups is 2. The van der Waals surface area contributed by atoms with Crippen molar-refractivity contribution in [1.29, 1.82) is 0 Å². The summed E-state index contributed by atoms with van der Waals surface area (Å²) in [5.41, 5.74) is 0. The number of aliphatic carboxylic acids is 1. The lowest BCUT2D eigenvalue weighted by Gasteiger charge is -2.16. The van der Waals surface area contributed by atoms with E-state index in [0.29, 0.717) is 13.0 Å². The Morgan fingerprint density at radius 3 is 2.89 bits per heavy atom. The Morgan fingerprint density at radius 2 is 2.21 bits per heavy atom. The maximum atomic E-state index is 11.6. The minimum Gasteiger partial charge on any atom is -0.481 e. The van der Waals surface area contributed by atoms with Gasteiger partial charge in [0.15, 0.2) is 0 Å². The third-order valence-corrected chi connectivity index (χ3v) is 3.21. The molecule has 0 aromatic carbocycles. The number of hydrogen-bond acceptors (Lipinski definition) is 5. The summed E-state index contributed by atoms with van der Waals surface area (Å²) in [4.78, 5) is 26.4. The molecule has 102 valence electrons. The van der Waals surface area contributed by atoms with E-state index in [1.54, 1.807) is 0 Å². The van der Waals surface area contributed by atoms with Crippen LogP contribution in [0.3, 0.4) is 0 Å². The SMILES string of the molecule is O=C(NCC1CCCC1C(=O)O)Nc1nccnn1. The Labute approximate surface area is 109 Å². The molecule has 1 aliphatic carbocycles. The quantitative estimate of drug-likeness (QED) is 0.729. The molecule has 1 aromatic rings. The zero-order valence-corrected chi connectivity index (χ0v) is 10.2. The second-order valence-corrected chi connectivity index (χ2v) is 4.44. The van der Waals surface area contributed by atoms with Gasteiger partial charge < -0.3 is 10.4 Å². The number of aromatic nitrogens is 3. The van der Waals surface area contributed by atoms with Crippen LogP contribution >= 0.6 is 0 Å². The Morgan fingerprint density at radius 1 is 1.37 bits per heavy atom. The van der Waals surface area contributed by atoms with Gasteiger partial charge in [-0.2, -0.15) is 5.10 Å². The molecular weight excluding hydrogens is 250 g/mol. The van der Waals surface area contributed by atoms with Gasteiger partial charge in [0.2, 0.25) is 0 Å². The van der Waals surface area contributed by atoms with Gasteiger partial charge in [0.1, 0.15) is 0 Å². The third-order valence-electron chi connectivity index (χ3n) is 3.21. The fourth-order valence-corrected chi connectivity index (χ4v) is 2.28. The standard InChI is InChI=1S/C11H15N5O3/c17-9(18)8-3-1-2-7(8)6-13-11(19)15-10-12-4-5-14-16-10/h4-5,7-8H,1-3,6H2,(H,17,18)(H2,12,13,15,16,19). The molecule has 0 bridgehead atoms. The topological polar surface area (TPSA) is 117 Å². The van der Waals surface area contributed by atoms with Crippen molar-refractivity contribution in [2.75, 3.05) is 11.9 Å². The van der Waals surface area contributed by atoms with Gasteiger partial charge in [-0.25, -0.2) is 9.78 Å². The Hall–Kier alpha value is -2.25.